The first kappa shape index (κ1) is 16.4. The molecule has 0 saturated carbocycles. The Morgan fingerprint density at radius 3 is 2.72 bits per heavy atom. The van der Waals surface area contributed by atoms with Gasteiger partial charge in [-0.2, -0.15) is 0 Å². The van der Waals surface area contributed by atoms with Crippen LogP contribution in [0.15, 0.2) is 14.7 Å². The molecular formula is C10H15BrClNO3S2. The van der Waals surface area contributed by atoms with Crippen LogP contribution < -0.4 is 0 Å². The zero-order valence-corrected chi connectivity index (χ0v) is 14.1. The van der Waals surface area contributed by atoms with Gasteiger partial charge in [-0.3, -0.25) is 0 Å². The first-order valence-electron chi connectivity index (χ1n) is 5.23. The van der Waals surface area contributed by atoms with Crippen molar-refractivity contribution in [3.63, 3.8) is 0 Å². The van der Waals surface area contributed by atoms with E-state index in [1.54, 1.807) is 20.2 Å². The van der Waals surface area contributed by atoms with E-state index < -0.39 is 10.0 Å². The lowest BCUT2D eigenvalue weighted by molar-refractivity contribution is 0.189. The van der Waals surface area contributed by atoms with Gasteiger partial charge in [0.15, 0.2) is 0 Å². The molecule has 0 aliphatic rings. The zero-order chi connectivity index (χ0) is 13.8. The van der Waals surface area contributed by atoms with Crippen molar-refractivity contribution in [2.75, 3.05) is 27.3 Å². The quantitative estimate of drug-likeness (QED) is 0.543. The molecule has 0 saturated heterocycles. The van der Waals surface area contributed by atoms with Gasteiger partial charge in [0.25, 0.3) is 0 Å². The van der Waals surface area contributed by atoms with Crippen molar-refractivity contribution in [2.24, 2.45) is 0 Å². The zero-order valence-electron chi connectivity index (χ0n) is 10.2. The summed E-state index contributed by atoms with van der Waals surface area (Å²) in [7, 11) is -0.298. The van der Waals surface area contributed by atoms with E-state index in [9.17, 15) is 8.42 Å². The van der Waals surface area contributed by atoms with Gasteiger partial charge in [0.2, 0.25) is 10.0 Å². The number of rotatable bonds is 7. The van der Waals surface area contributed by atoms with E-state index in [2.05, 4.69) is 15.9 Å². The Balaban J connectivity index is 2.87. The predicted octanol–water partition coefficient (Wildman–Crippen LogP) is 2.91. The number of methoxy groups -OCH3 is 1. The van der Waals surface area contributed by atoms with Crippen LogP contribution in [0.5, 0.6) is 0 Å². The molecule has 1 rings (SSSR count). The summed E-state index contributed by atoms with van der Waals surface area (Å²) in [4.78, 5) is 1.11. The summed E-state index contributed by atoms with van der Waals surface area (Å²) >= 11 is 10.3. The van der Waals surface area contributed by atoms with Crippen molar-refractivity contribution in [1.82, 2.24) is 4.31 Å². The monoisotopic (exact) mass is 375 g/mol. The van der Waals surface area contributed by atoms with Gasteiger partial charge >= 0.3 is 0 Å². The van der Waals surface area contributed by atoms with Gasteiger partial charge in [0.1, 0.15) is 4.90 Å². The molecular weight excluding hydrogens is 362 g/mol. The van der Waals surface area contributed by atoms with Crippen LogP contribution in [0.3, 0.4) is 0 Å². The summed E-state index contributed by atoms with van der Waals surface area (Å²) in [6.45, 7) is 0.965. The van der Waals surface area contributed by atoms with Crippen molar-refractivity contribution < 1.29 is 13.2 Å². The third kappa shape index (κ3) is 3.91. The van der Waals surface area contributed by atoms with Crippen LogP contribution in [0.1, 0.15) is 11.3 Å². The average molecular weight is 377 g/mol. The molecule has 104 valence electrons. The highest BCUT2D eigenvalue weighted by Crippen LogP contribution is 2.33. The van der Waals surface area contributed by atoms with E-state index in [1.165, 1.54) is 15.6 Å². The number of halogens is 2. The number of hydrogen-bond donors (Lipinski definition) is 0. The smallest absolute Gasteiger partial charge is 0.244 e. The molecule has 0 unspecified atom stereocenters. The SMILES string of the molecule is COCCCN(C)S(=O)(=O)c1cc(CCl)sc1Br. The molecule has 1 heterocycles. The lowest BCUT2D eigenvalue weighted by Crippen LogP contribution is -2.28. The van der Waals surface area contributed by atoms with Gasteiger partial charge in [0.05, 0.1) is 9.67 Å². The van der Waals surface area contributed by atoms with E-state index >= 15 is 0 Å². The van der Waals surface area contributed by atoms with Gasteiger partial charge in [-0.25, -0.2) is 12.7 Å². The molecule has 0 aliphatic carbocycles. The molecule has 18 heavy (non-hydrogen) atoms. The highest BCUT2D eigenvalue weighted by atomic mass is 79.9. The fourth-order valence-corrected chi connectivity index (χ4v) is 5.29. The van der Waals surface area contributed by atoms with Crippen molar-refractivity contribution in [2.45, 2.75) is 17.2 Å². The minimum atomic E-state index is -3.46. The third-order valence-electron chi connectivity index (χ3n) is 2.35. The van der Waals surface area contributed by atoms with Crippen molar-refractivity contribution in [3.05, 3.63) is 14.7 Å². The largest absolute Gasteiger partial charge is 0.385 e. The van der Waals surface area contributed by atoms with Gasteiger partial charge in [-0.1, -0.05) is 0 Å². The maximum absolute atomic E-state index is 12.3. The molecule has 1 aromatic heterocycles. The number of sulfonamides is 1. The fraction of sp³-hybridized carbons (Fsp3) is 0.600. The minimum absolute atomic E-state index is 0.281. The highest BCUT2D eigenvalue weighted by molar-refractivity contribution is 9.11. The van der Waals surface area contributed by atoms with E-state index in [-0.39, 0.29) is 4.90 Å². The van der Waals surface area contributed by atoms with Crippen LogP contribution in [0, 0.1) is 0 Å². The summed E-state index contributed by atoms with van der Waals surface area (Å²) in [5.74, 6) is 0.312. The second-order valence-electron chi connectivity index (χ2n) is 3.66. The second-order valence-corrected chi connectivity index (χ2v) is 8.39. The van der Waals surface area contributed by atoms with Crippen LogP contribution in [-0.2, 0) is 20.6 Å². The molecule has 0 bridgehead atoms. The average Bonchev–Trinajstić information content (AvgIpc) is 2.71. The maximum Gasteiger partial charge on any atom is 0.244 e. The summed E-state index contributed by atoms with van der Waals surface area (Å²) < 4.78 is 31.4. The molecule has 0 spiro atoms. The Bertz CT molecular complexity index is 489. The van der Waals surface area contributed by atoms with Crippen LogP contribution in [-0.4, -0.2) is 40.0 Å². The maximum atomic E-state index is 12.3. The van der Waals surface area contributed by atoms with Gasteiger partial charge in [-0.15, -0.1) is 22.9 Å². The molecule has 4 nitrogen and oxygen atoms in total. The summed E-state index contributed by atoms with van der Waals surface area (Å²) in [6.07, 6.45) is 0.663. The van der Waals surface area contributed by atoms with Gasteiger partial charge in [0, 0.05) is 32.2 Å². The lowest BCUT2D eigenvalue weighted by atomic mass is 10.5. The van der Waals surface area contributed by atoms with E-state index in [1.807, 2.05) is 0 Å². The lowest BCUT2D eigenvalue weighted by Gasteiger charge is -2.16. The first-order chi connectivity index (χ1) is 8.43. The molecule has 0 atom stereocenters. The Morgan fingerprint density at radius 1 is 1.56 bits per heavy atom. The first-order valence-corrected chi connectivity index (χ1v) is 8.81. The third-order valence-corrected chi connectivity index (χ3v) is 6.90. The van der Waals surface area contributed by atoms with Crippen LogP contribution in [0.2, 0.25) is 0 Å². The van der Waals surface area contributed by atoms with E-state index in [0.717, 1.165) is 4.88 Å². The minimum Gasteiger partial charge on any atom is -0.385 e. The Kier molecular flexibility index (Phi) is 6.57. The van der Waals surface area contributed by atoms with Crippen LogP contribution in [0.4, 0.5) is 0 Å². The summed E-state index contributed by atoms with van der Waals surface area (Å²) in [5.41, 5.74) is 0. The Hall–Kier alpha value is 0.340. The van der Waals surface area contributed by atoms with Crippen LogP contribution in [0.25, 0.3) is 0 Å². The number of hydrogen-bond acceptors (Lipinski definition) is 4. The van der Waals surface area contributed by atoms with Crippen molar-refractivity contribution in [1.29, 1.82) is 0 Å². The molecule has 8 heteroatoms. The van der Waals surface area contributed by atoms with Crippen LogP contribution >= 0.6 is 38.9 Å². The van der Waals surface area contributed by atoms with Crippen molar-refractivity contribution in [3.8, 4) is 0 Å². The van der Waals surface area contributed by atoms with Crippen molar-refractivity contribution >= 4 is 48.9 Å². The molecule has 1 aromatic rings. The molecule has 0 amide bonds. The molecule has 0 radical (unpaired) electrons. The second kappa shape index (κ2) is 7.21. The summed E-state index contributed by atoms with van der Waals surface area (Å²) in [5, 5.41) is 0. The topological polar surface area (TPSA) is 46.6 Å². The van der Waals surface area contributed by atoms with Gasteiger partial charge in [-0.05, 0) is 28.4 Å². The number of nitrogens with zero attached hydrogens (tertiary/aromatic N) is 1. The Morgan fingerprint density at radius 2 is 2.22 bits per heavy atom. The normalized spacial score (nSPS) is 12.3. The molecule has 0 aliphatic heterocycles. The predicted molar refractivity (Wildman–Crippen MR) is 77.9 cm³/mol. The summed E-state index contributed by atoms with van der Waals surface area (Å²) in [6, 6.07) is 1.61. The standard InChI is InChI=1S/C10H15BrClNO3S2/c1-13(4-3-5-16-2)18(14,15)9-6-8(7-12)17-10(9)11/h6H,3-5,7H2,1-2H3. The van der Waals surface area contributed by atoms with Gasteiger partial charge < -0.3 is 4.74 Å². The number of thiophene rings is 1. The number of alkyl halides is 1. The fourth-order valence-electron chi connectivity index (χ4n) is 1.36. The molecule has 0 aromatic carbocycles. The Labute approximate surface area is 125 Å². The van der Waals surface area contributed by atoms with E-state index in [4.69, 9.17) is 16.3 Å². The van der Waals surface area contributed by atoms with E-state index in [0.29, 0.717) is 29.2 Å². The molecule has 0 N–H and O–H groups in total. The highest BCUT2D eigenvalue weighted by Gasteiger charge is 2.25. The molecule has 0 fully saturated rings. The number of ether oxygens (including phenoxy) is 1.